The van der Waals surface area contributed by atoms with Gasteiger partial charge in [-0.15, -0.1) is 0 Å². The van der Waals surface area contributed by atoms with Gasteiger partial charge in [-0.2, -0.15) is 0 Å². The molecule has 166 valence electrons. The van der Waals surface area contributed by atoms with Crippen LogP contribution >= 0.6 is 0 Å². The largest absolute Gasteiger partial charge is 0.496 e. The monoisotopic (exact) mass is 428 g/mol. The van der Waals surface area contributed by atoms with Crippen molar-refractivity contribution in [2.45, 2.75) is 25.3 Å². The third-order valence-electron chi connectivity index (χ3n) is 6.41. The van der Waals surface area contributed by atoms with Crippen molar-refractivity contribution in [3.05, 3.63) is 41.0 Å². The average molecular weight is 429 g/mol. The Morgan fingerprint density at radius 1 is 1.10 bits per heavy atom. The number of Topliss-reactive ketones (excluding diaryl/α,β-unsaturated/α-hetero) is 1. The molecular formula is C24H30NO6+. The van der Waals surface area contributed by atoms with E-state index in [1.165, 1.54) is 0 Å². The predicted molar refractivity (Wildman–Crippen MR) is 115 cm³/mol. The Bertz CT molecular complexity index is 978. The molecule has 4 rings (SSSR count). The van der Waals surface area contributed by atoms with Gasteiger partial charge < -0.3 is 28.2 Å². The third kappa shape index (κ3) is 3.78. The minimum Gasteiger partial charge on any atom is -0.496 e. The number of ketones is 1. The predicted octanol–water partition coefficient (Wildman–Crippen LogP) is 3.32. The summed E-state index contributed by atoms with van der Waals surface area (Å²) in [6.07, 6.45) is 1.50. The fourth-order valence-corrected chi connectivity index (χ4v) is 4.70. The van der Waals surface area contributed by atoms with Crippen molar-refractivity contribution < 1.29 is 33.0 Å². The molecular weight excluding hydrogens is 398 g/mol. The maximum absolute atomic E-state index is 13.3. The first kappa shape index (κ1) is 21.3. The highest BCUT2D eigenvalue weighted by Crippen LogP contribution is 2.51. The normalized spacial score (nSPS) is 18.3. The molecule has 0 saturated carbocycles. The Morgan fingerprint density at radius 2 is 1.81 bits per heavy atom. The van der Waals surface area contributed by atoms with E-state index in [2.05, 4.69) is 14.1 Å². The van der Waals surface area contributed by atoms with Crippen molar-refractivity contribution in [3.8, 4) is 28.7 Å². The molecule has 1 atom stereocenters. The summed E-state index contributed by atoms with van der Waals surface area (Å²) in [5, 5.41) is 0. The van der Waals surface area contributed by atoms with Crippen LogP contribution in [-0.4, -0.2) is 59.0 Å². The second-order valence-electron chi connectivity index (χ2n) is 8.55. The van der Waals surface area contributed by atoms with E-state index < -0.39 is 0 Å². The molecule has 2 aliphatic rings. The topological polar surface area (TPSA) is 63.2 Å². The van der Waals surface area contributed by atoms with Crippen LogP contribution in [0.5, 0.6) is 28.7 Å². The number of rotatable bonds is 7. The van der Waals surface area contributed by atoms with Crippen LogP contribution in [0.4, 0.5) is 0 Å². The van der Waals surface area contributed by atoms with Crippen LogP contribution in [0.15, 0.2) is 24.3 Å². The fraction of sp³-hybridized carbons (Fsp3) is 0.458. The fourth-order valence-electron chi connectivity index (χ4n) is 4.70. The number of likely N-dealkylation sites (N-methyl/N-ethyl adjacent to an activating group) is 1. The molecule has 0 fully saturated rings. The Labute approximate surface area is 183 Å². The number of fused-ring (bicyclic) bond motifs is 2. The Hall–Kier alpha value is -2.93. The van der Waals surface area contributed by atoms with Gasteiger partial charge in [0.1, 0.15) is 23.3 Å². The molecule has 0 bridgehead atoms. The SMILES string of the molecule is COc1cccc(OC)c1CC(=O)CC1c2c(cc3c(c2OC)OCO3)CC[N+]1(C)C. The summed E-state index contributed by atoms with van der Waals surface area (Å²) in [5.41, 5.74) is 2.98. The highest BCUT2D eigenvalue weighted by atomic mass is 16.7. The van der Waals surface area contributed by atoms with E-state index in [4.69, 9.17) is 23.7 Å². The van der Waals surface area contributed by atoms with Crippen molar-refractivity contribution >= 4 is 5.78 Å². The molecule has 7 heteroatoms. The van der Waals surface area contributed by atoms with Gasteiger partial charge in [0.2, 0.25) is 12.5 Å². The molecule has 2 aromatic carbocycles. The summed E-state index contributed by atoms with van der Waals surface area (Å²) in [4.78, 5) is 13.3. The van der Waals surface area contributed by atoms with E-state index in [1.807, 2.05) is 24.3 Å². The summed E-state index contributed by atoms with van der Waals surface area (Å²) >= 11 is 0. The summed E-state index contributed by atoms with van der Waals surface area (Å²) in [5.74, 6) is 3.46. The third-order valence-corrected chi connectivity index (χ3v) is 6.41. The molecule has 0 saturated heterocycles. The van der Waals surface area contributed by atoms with Gasteiger partial charge >= 0.3 is 0 Å². The van der Waals surface area contributed by atoms with Gasteiger partial charge in [-0.1, -0.05) is 6.07 Å². The molecule has 0 aliphatic carbocycles. The van der Waals surface area contributed by atoms with Crippen LogP contribution in [0.3, 0.4) is 0 Å². The van der Waals surface area contributed by atoms with Gasteiger partial charge in [-0.05, 0) is 23.8 Å². The van der Waals surface area contributed by atoms with Gasteiger partial charge in [-0.3, -0.25) is 4.79 Å². The minimum atomic E-state index is -0.0543. The van der Waals surface area contributed by atoms with Gasteiger partial charge in [0.15, 0.2) is 11.5 Å². The molecule has 0 aromatic heterocycles. The number of carbonyl (C=O) groups excluding carboxylic acids is 1. The second-order valence-corrected chi connectivity index (χ2v) is 8.55. The first-order valence-corrected chi connectivity index (χ1v) is 10.4. The Morgan fingerprint density at radius 3 is 2.45 bits per heavy atom. The number of hydrogen-bond acceptors (Lipinski definition) is 6. The summed E-state index contributed by atoms with van der Waals surface area (Å²) in [6.45, 7) is 1.11. The van der Waals surface area contributed by atoms with Crippen LogP contribution in [-0.2, 0) is 17.6 Å². The smallest absolute Gasteiger partial charge is 0.231 e. The quantitative estimate of drug-likeness (QED) is 0.631. The molecule has 31 heavy (non-hydrogen) atoms. The molecule has 0 radical (unpaired) electrons. The van der Waals surface area contributed by atoms with Crippen molar-refractivity contribution in [2.75, 3.05) is 48.8 Å². The van der Waals surface area contributed by atoms with Crippen LogP contribution in [0.25, 0.3) is 0 Å². The van der Waals surface area contributed by atoms with Crippen LogP contribution in [0.2, 0.25) is 0 Å². The standard InChI is InChI=1S/C24H30NO6/c1-25(2)10-9-15-11-21-23(31-14-30-21)24(29-5)22(15)18(25)13-16(26)12-17-19(27-3)7-6-8-20(17)28-4/h6-8,11,18H,9-10,12-14H2,1-5H3/q+1. The van der Waals surface area contributed by atoms with Crippen molar-refractivity contribution in [1.29, 1.82) is 0 Å². The second kappa shape index (κ2) is 8.30. The lowest BCUT2D eigenvalue weighted by Crippen LogP contribution is -2.48. The molecule has 0 spiro atoms. The number of methoxy groups -OCH3 is 3. The van der Waals surface area contributed by atoms with Gasteiger partial charge in [-0.25, -0.2) is 0 Å². The van der Waals surface area contributed by atoms with Gasteiger partial charge in [0.05, 0.1) is 54.0 Å². The molecule has 0 N–H and O–H groups in total. The molecule has 2 heterocycles. The first-order valence-electron chi connectivity index (χ1n) is 10.4. The van der Waals surface area contributed by atoms with Crippen LogP contribution < -0.4 is 23.7 Å². The van der Waals surface area contributed by atoms with E-state index in [0.717, 1.165) is 29.7 Å². The van der Waals surface area contributed by atoms with Crippen LogP contribution in [0, 0.1) is 0 Å². The summed E-state index contributed by atoms with van der Waals surface area (Å²) < 4.78 is 28.7. The Kier molecular flexibility index (Phi) is 5.71. The maximum Gasteiger partial charge on any atom is 0.231 e. The summed E-state index contributed by atoms with van der Waals surface area (Å²) in [6, 6.07) is 7.55. The first-order chi connectivity index (χ1) is 14.9. The number of hydrogen-bond donors (Lipinski definition) is 0. The molecule has 1 unspecified atom stereocenters. The molecule has 0 amide bonds. The van der Waals surface area contributed by atoms with Gasteiger partial charge in [0.25, 0.3) is 0 Å². The molecule has 2 aliphatic heterocycles. The molecule has 2 aromatic rings. The van der Waals surface area contributed by atoms with Crippen molar-refractivity contribution in [3.63, 3.8) is 0 Å². The van der Waals surface area contributed by atoms with Crippen molar-refractivity contribution in [2.24, 2.45) is 0 Å². The van der Waals surface area contributed by atoms with E-state index in [9.17, 15) is 4.79 Å². The lowest BCUT2D eigenvalue weighted by Gasteiger charge is -2.43. The highest BCUT2D eigenvalue weighted by Gasteiger charge is 2.42. The zero-order valence-electron chi connectivity index (χ0n) is 18.8. The minimum absolute atomic E-state index is 0.0543. The van der Waals surface area contributed by atoms with Crippen molar-refractivity contribution in [1.82, 2.24) is 0 Å². The van der Waals surface area contributed by atoms with E-state index >= 15 is 0 Å². The number of quaternary nitrogens is 1. The summed E-state index contributed by atoms with van der Waals surface area (Å²) in [7, 11) is 9.18. The van der Waals surface area contributed by atoms with E-state index in [0.29, 0.717) is 39.7 Å². The number of carbonyl (C=O) groups is 1. The zero-order chi connectivity index (χ0) is 22.2. The number of nitrogens with zero attached hydrogens (tertiary/aromatic N) is 1. The highest BCUT2D eigenvalue weighted by molar-refractivity contribution is 5.83. The number of benzene rings is 2. The van der Waals surface area contributed by atoms with Crippen LogP contribution in [0.1, 0.15) is 29.2 Å². The number of ether oxygens (including phenoxy) is 5. The lowest BCUT2D eigenvalue weighted by atomic mass is 9.86. The van der Waals surface area contributed by atoms with E-state index in [-0.39, 0.29) is 25.0 Å². The zero-order valence-corrected chi connectivity index (χ0v) is 18.8. The molecule has 7 nitrogen and oxygen atoms in total. The van der Waals surface area contributed by atoms with E-state index in [1.54, 1.807) is 21.3 Å². The van der Waals surface area contributed by atoms with Gasteiger partial charge in [0, 0.05) is 18.4 Å². The maximum atomic E-state index is 13.3. The average Bonchev–Trinajstić information content (AvgIpc) is 3.22. The Balaban J connectivity index is 1.69. The lowest BCUT2D eigenvalue weighted by molar-refractivity contribution is -0.922.